The molecule has 1 N–H and O–H groups in total. The zero-order valence-electron chi connectivity index (χ0n) is 22.3. The molecule has 6 rings (SSSR count). The number of amides is 2. The molecule has 17 heteroatoms. The maximum Gasteiger partial charge on any atom is 0.347 e. The maximum atomic E-state index is 15.0. The van der Waals surface area contributed by atoms with E-state index in [1.54, 1.807) is 0 Å². The molecule has 0 unspecified atom stereocenters. The van der Waals surface area contributed by atoms with Crippen LogP contribution in [0.2, 0.25) is 0 Å². The van der Waals surface area contributed by atoms with Crippen LogP contribution >= 0.6 is 23.2 Å². The Kier molecular flexibility index (Phi) is 6.86. The van der Waals surface area contributed by atoms with Gasteiger partial charge in [0, 0.05) is 19.4 Å². The highest BCUT2D eigenvalue weighted by Gasteiger charge is 2.76. The molecular formula is C27H19Cl2F5N4O6. The lowest BCUT2D eigenvalue weighted by atomic mass is 9.64. The number of ether oxygens (including phenoxy) is 1. The van der Waals surface area contributed by atoms with E-state index in [-0.39, 0.29) is 41.5 Å². The van der Waals surface area contributed by atoms with Crippen LogP contribution in [0.5, 0.6) is 5.75 Å². The van der Waals surface area contributed by atoms with Crippen molar-refractivity contribution in [1.29, 1.82) is 0 Å². The molecule has 1 saturated heterocycles. The van der Waals surface area contributed by atoms with Gasteiger partial charge in [-0.1, -0.05) is 18.2 Å². The Labute approximate surface area is 253 Å². The van der Waals surface area contributed by atoms with Crippen LogP contribution in [-0.4, -0.2) is 53.8 Å². The molecule has 10 nitrogen and oxygen atoms in total. The second-order valence-corrected chi connectivity index (χ2v) is 11.7. The number of imide groups is 1. The highest BCUT2D eigenvalue weighted by molar-refractivity contribution is 6.58. The van der Waals surface area contributed by atoms with Crippen LogP contribution < -0.4 is 21.0 Å². The van der Waals surface area contributed by atoms with Crippen molar-refractivity contribution in [1.82, 2.24) is 13.9 Å². The lowest BCUT2D eigenvalue weighted by Crippen LogP contribution is -2.59. The summed E-state index contributed by atoms with van der Waals surface area (Å²) in [5.41, 5.74) is -2.96. The van der Waals surface area contributed by atoms with Gasteiger partial charge in [-0.2, -0.15) is 0 Å². The number of carbonyl (C=O) groups excluding carboxylic acids is 2. The smallest absolute Gasteiger partial charge is 0.347 e. The molecule has 4 atom stereocenters. The van der Waals surface area contributed by atoms with Gasteiger partial charge in [0.2, 0.25) is 5.82 Å². The van der Waals surface area contributed by atoms with Gasteiger partial charge in [-0.05, 0) is 23.3 Å². The van der Waals surface area contributed by atoms with Crippen LogP contribution in [0.1, 0.15) is 23.9 Å². The predicted molar refractivity (Wildman–Crippen MR) is 143 cm³/mol. The van der Waals surface area contributed by atoms with Crippen molar-refractivity contribution in [2.75, 3.05) is 18.1 Å². The van der Waals surface area contributed by atoms with Crippen LogP contribution in [0, 0.1) is 29.1 Å². The molecule has 3 aromatic rings. The molecule has 1 saturated carbocycles. The molecule has 2 fully saturated rings. The van der Waals surface area contributed by atoms with Crippen LogP contribution in [-0.2, 0) is 23.2 Å². The summed E-state index contributed by atoms with van der Waals surface area (Å²) in [5.74, 6) is -16.6. The molecule has 44 heavy (non-hydrogen) atoms. The number of aliphatic hydroxyl groups is 1. The number of nitrogens with zero attached hydrogens (tertiary/aromatic N) is 4. The van der Waals surface area contributed by atoms with E-state index in [4.69, 9.17) is 33.0 Å². The van der Waals surface area contributed by atoms with Gasteiger partial charge >= 0.3 is 11.4 Å². The fraction of sp³-hybridized carbons (Fsp3) is 0.333. The number of aliphatic hydroxyl groups excluding tert-OH is 1. The summed E-state index contributed by atoms with van der Waals surface area (Å²) < 4.78 is 80.6. The molecule has 1 aliphatic carbocycles. The lowest BCUT2D eigenvalue weighted by molar-refractivity contribution is -0.122. The Morgan fingerprint density at radius 2 is 1.50 bits per heavy atom. The minimum absolute atomic E-state index is 0.0570. The van der Waals surface area contributed by atoms with Gasteiger partial charge in [0.05, 0.1) is 19.2 Å². The quantitative estimate of drug-likeness (QED) is 0.112. The second kappa shape index (κ2) is 10.0. The molecule has 232 valence electrons. The summed E-state index contributed by atoms with van der Waals surface area (Å²) in [6.45, 7) is -0.532. The third-order valence-corrected chi connectivity index (χ3v) is 9.67. The van der Waals surface area contributed by atoms with Crippen LogP contribution in [0.25, 0.3) is 0 Å². The fourth-order valence-electron chi connectivity index (χ4n) is 6.23. The summed E-state index contributed by atoms with van der Waals surface area (Å²) in [6, 6.07) is 4.51. The van der Waals surface area contributed by atoms with Crippen LogP contribution in [0.4, 0.5) is 27.6 Å². The van der Waals surface area contributed by atoms with E-state index in [0.29, 0.717) is 0 Å². The minimum Gasteiger partial charge on any atom is -0.491 e. The highest BCUT2D eigenvalue weighted by atomic mass is 35.5. The summed E-state index contributed by atoms with van der Waals surface area (Å²) >= 11 is 14.0. The Morgan fingerprint density at radius 3 is 2.09 bits per heavy atom. The van der Waals surface area contributed by atoms with Gasteiger partial charge in [0.25, 0.3) is 11.8 Å². The van der Waals surface area contributed by atoms with Gasteiger partial charge in [0.1, 0.15) is 18.0 Å². The fourth-order valence-corrected chi connectivity index (χ4v) is 7.15. The number of rotatable bonds is 5. The molecule has 1 aromatic heterocycles. The zero-order valence-corrected chi connectivity index (χ0v) is 23.8. The molecular weight excluding hydrogens is 642 g/mol. The van der Waals surface area contributed by atoms with E-state index in [2.05, 4.69) is 0 Å². The Morgan fingerprint density at radius 1 is 0.909 bits per heavy atom. The SMILES string of the molecule is Cn1c(=O)n2n(c1=O)[C@@H]1C[C@@]3(Cl)C(=O)N(c4c(F)c(F)c(F)c(F)c4F)C(=O)[C@@]3(Cl)[C@@H](c3ccc(OCCO)cc3)C1=CC2. The number of fused-ring (bicyclic) bond motifs is 4. The van der Waals surface area contributed by atoms with Crippen LogP contribution in [0.15, 0.2) is 45.5 Å². The summed E-state index contributed by atoms with van der Waals surface area (Å²) in [5, 5.41) is 9.05. The van der Waals surface area contributed by atoms with Crippen molar-refractivity contribution < 1.29 is 41.4 Å². The Hall–Kier alpha value is -3.95. The van der Waals surface area contributed by atoms with Crippen molar-refractivity contribution in [3.05, 3.63) is 91.5 Å². The molecule has 3 aliphatic rings. The van der Waals surface area contributed by atoms with E-state index < -0.39 is 86.1 Å². The highest BCUT2D eigenvalue weighted by Crippen LogP contribution is 2.64. The first-order valence-electron chi connectivity index (χ1n) is 12.9. The number of hydrogen-bond donors (Lipinski definition) is 1. The lowest BCUT2D eigenvalue weighted by Gasteiger charge is -2.49. The van der Waals surface area contributed by atoms with Crippen LogP contribution in [0.3, 0.4) is 0 Å². The molecule has 0 bridgehead atoms. The molecule has 2 aliphatic heterocycles. The Bertz CT molecular complexity index is 1900. The standard InChI is InChI=1S/C27H19Cl2F5N4O6/c1-35-24(42)36-7-6-13-14(38(36)25(35)43)10-26(28)22(40)37(21-19(33)17(31)16(30)18(32)20(21)34)23(41)27(26,29)15(13)11-2-4-12(5-3-11)44-9-8-39/h2-6,14-15,39H,7-10H2,1H3/t14-,15+,26-,27+/m1/s1. The number of aromatic nitrogens is 3. The number of halogens is 7. The number of carbonyl (C=O) groups is 2. The molecule has 0 spiro atoms. The van der Waals surface area contributed by atoms with Gasteiger partial charge in [-0.15, -0.1) is 23.2 Å². The van der Waals surface area contributed by atoms with E-state index >= 15 is 8.78 Å². The number of allylic oxidation sites excluding steroid dienone is 2. The number of anilines is 1. The largest absolute Gasteiger partial charge is 0.491 e. The number of benzene rings is 2. The first-order chi connectivity index (χ1) is 20.7. The minimum atomic E-state index is -2.64. The van der Waals surface area contributed by atoms with E-state index in [1.807, 2.05) is 0 Å². The number of alkyl halides is 2. The third kappa shape index (κ3) is 3.69. The number of hydrogen-bond acceptors (Lipinski definition) is 6. The van der Waals surface area contributed by atoms with Crippen molar-refractivity contribution in [3.63, 3.8) is 0 Å². The molecule has 0 radical (unpaired) electrons. The van der Waals surface area contributed by atoms with Crippen molar-refractivity contribution in [2.24, 2.45) is 7.05 Å². The van der Waals surface area contributed by atoms with Gasteiger partial charge < -0.3 is 9.84 Å². The topological polar surface area (TPSA) is 116 Å². The van der Waals surface area contributed by atoms with E-state index in [9.17, 15) is 32.3 Å². The second-order valence-electron chi connectivity index (χ2n) is 10.4. The summed E-state index contributed by atoms with van der Waals surface area (Å²) in [7, 11) is 1.21. The van der Waals surface area contributed by atoms with Gasteiger partial charge in [-0.25, -0.2) is 50.4 Å². The van der Waals surface area contributed by atoms with E-state index in [0.717, 1.165) is 13.9 Å². The van der Waals surface area contributed by atoms with Gasteiger partial charge in [-0.3, -0.25) is 9.59 Å². The molecule has 2 amide bonds. The average Bonchev–Trinajstić information content (AvgIpc) is 3.32. The normalized spacial score (nSPS) is 25.9. The van der Waals surface area contributed by atoms with Crippen molar-refractivity contribution in [2.45, 2.75) is 34.7 Å². The van der Waals surface area contributed by atoms with Crippen molar-refractivity contribution >= 4 is 40.7 Å². The first-order valence-corrected chi connectivity index (χ1v) is 13.7. The summed E-state index contributed by atoms with van der Waals surface area (Å²) in [6.07, 6.45) is 0.809. The monoisotopic (exact) mass is 660 g/mol. The maximum absolute atomic E-state index is 15.0. The molecule has 2 aromatic carbocycles. The molecule has 3 heterocycles. The Balaban J connectivity index is 1.61. The zero-order chi connectivity index (χ0) is 32.0. The third-order valence-electron chi connectivity index (χ3n) is 8.25. The predicted octanol–water partition coefficient (Wildman–Crippen LogP) is 2.61. The van der Waals surface area contributed by atoms with Crippen molar-refractivity contribution in [3.8, 4) is 5.75 Å². The first kappa shape index (κ1) is 30.1. The summed E-state index contributed by atoms with van der Waals surface area (Å²) in [4.78, 5) is 48.5. The van der Waals surface area contributed by atoms with E-state index in [1.165, 1.54) is 37.4 Å². The average molecular weight is 661 g/mol. The van der Waals surface area contributed by atoms with Gasteiger partial charge in [0.15, 0.2) is 33.0 Å².